The van der Waals surface area contributed by atoms with Crippen molar-refractivity contribution in [2.24, 2.45) is 11.8 Å². The van der Waals surface area contributed by atoms with Gasteiger partial charge in [0, 0.05) is 12.6 Å². The number of ether oxygens (including phenoxy) is 1. The number of carbonyl (C=O) groups excluding carboxylic acids is 1. The maximum atomic E-state index is 11.9. The lowest BCUT2D eigenvalue weighted by atomic mass is 9.99. The lowest BCUT2D eigenvalue weighted by Crippen LogP contribution is -2.44. The summed E-state index contributed by atoms with van der Waals surface area (Å²) in [5, 5.41) is 11.9. The molecule has 1 saturated heterocycles. The van der Waals surface area contributed by atoms with Crippen LogP contribution in [0.25, 0.3) is 0 Å². The van der Waals surface area contributed by atoms with Crippen molar-refractivity contribution >= 4 is 11.9 Å². The molecule has 5 nitrogen and oxygen atoms in total. The van der Waals surface area contributed by atoms with Crippen LogP contribution in [-0.4, -0.2) is 36.2 Å². The van der Waals surface area contributed by atoms with Crippen molar-refractivity contribution in [2.75, 3.05) is 13.2 Å². The molecule has 2 N–H and O–H groups in total. The van der Waals surface area contributed by atoms with Crippen molar-refractivity contribution in [3.8, 4) is 0 Å². The van der Waals surface area contributed by atoms with Gasteiger partial charge in [0.15, 0.2) is 0 Å². The fourth-order valence-corrected chi connectivity index (χ4v) is 2.68. The number of carboxylic acid groups (broad SMARTS) is 1. The van der Waals surface area contributed by atoms with Crippen LogP contribution in [0.5, 0.6) is 0 Å². The van der Waals surface area contributed by atoms with Crippen LogP contribution in [0.4, 0.5) is 0 Å². The van der Waals surface area contributed by atoms with Gasteiger partial charge in [-0.15, -0.1) is 0 Å². The second kappa shape index (κ2) is 5.49. The fourth-order valence-electron chi connectivity index (χ4n) is 2.68. The Bertz CT molecular complexity index is 299. The average molecular weight is 241 g/mol. The molecule has 1 amide bonds. The predicted octanol–water partition coefficient (Wildman–Crippen LogP) is 0.782. The molecule has 2 fully saturated rings. The zero-order chi connectivity index (χ0) is 12.3. The SMILES string of the molecule is O=C(N[C@H]1CCC[C@H]1C(=O)O)C1CCCOC1. The largest absolute Gasteiger partial charge is 0.481 e. The van der Waals surface area contributed by atoms with E-state index in [4.69, 9.17) is 9.84 Å². The minimum Gasteiger partial charge on any atom is -0.481 e. The Hall–Kier alpha value is -1.10. The van der Waals surface area contributed by atoms with Crippen LogP contribution in [0.3, 0.4) is 0 Å². The number of carboxylic acids is 1. The van der Waals surface area contributed by atoms with E-state index in [0.717, 1.165) is 32.3 Å². The number of rotatable bonds is 3. The van der Waals surface area contributed by atoms with Crippen LogP contribution < -0.4 is 5.32 Å². The highest BCUT2D eigenvalue weighted by atomic mass is 16.5. The Morgan fingerprint density at radius 2 is 2.00 bits per heavy atom. The van der Waals surface area contributed by atoms with Gasteiger partial charge in [-0.25, -0.2) is 0 Å². The van der Waals surface area contributed by atoms with E-state index >= 15 is 0 Å². The molecule has 0 aromatic rings. The van der Waals surface area contributed by atoms with Gasteiger partial charge in [0.05, 0.1) is 18.4 Å². The molecule has 0 radical (unpaired) electrons. The number of hydrogen-bond donors (Lipinski definition) is 2. The van der Waals surface area contributed by atoms with Gasteiger partial charge < -0.3 is 15.2 Å². The zero-order valence-corrected chi connectivity index (χ0v) is 9.85. The molecule has 1 aliphatic heterocycles. The molecule has 0 aromatic heterocycles. The molecule has 0 bridgehead atoms. The smallest absolute Gasteiger partial charge is 0.308 e. The lowest BCUT2D eigenvalue weighted by molar-refractivity contribution is -0.142. The van der Waals surface area contributed by atoms with Crippen LogP contribution in [0.15, 0.2) is 0 Å². The summed E-state index contributed by atoms with van der Waals surface area (Å²) in [5.41, 5.74) is 0. The van der Waals surface area contributed by atoms with Gasteiger partial charge in [-0.05, 0) is 25.7 Å². The van der Waals surface area contributed by atoms with E-state index in [2.05, 4.69) is 5.32 Å². The first kappa shape index (κ1) is 12.4. The van der Waals surface area contributed by atoms with Crippen molar-refractivity contribution in [3.63, 3.8) is 0 Å². The Morgan fingerprint density at radius 1 is 1.18 bits per heavy atom. The van der Waals surface area contributed by atoms with Gasteiger partial charge in [-0.3, -0.25) is 9.59 Å². The molecule has 96 valence electrons. The third-order valence-corrected chi connectivity index (χ3v) is 3.69. The molecule has 1 saturated carbocycles. The first-order chi connectivity index (χ1) is 8.18. The molecule has 1 aliphatic carbocycles. The third kappa shape index (κ3) is 2.97. The van der Waals surface area contributed by atoms with Gasteiger partial charge in [-0.1, -0.05) is 6.42 Å². The molecule has 1 unspecified atom stereocenters. The molecule has 2 rings (SSSR count). The highest BCUT2D eigenvalue weighted by Crippen LogP contribution is 2.26. The molecule has 1 heterocycles. The van der Waals surface area contributed by atoms with E-state index < -0.39 is 11.9 Å². The summed E-state index contributed by atoms with van der Waals surface area (Å²) >= 11 is 0. The van der Waals surface area contributed by atoms with E-state index in [1.807, 2.05) is 0 Å². The van der Waals surface area contributed by atoms with E-state index in [0.29, 0.717) is 13.0 Å². The molecular formula is C12H19NO4. The molecular weight excluding hydrogens is 222 g/mol. The normalized spacial score (nSPS) is 33.3. The Kier molecular flexibility index (Phi) is 3.99. The topological polar surface area (TPSA) is 75.6 Å². The van der Waals surface area contributed by atoms with Crippen LogP contribution >= 0.6 is 0 Å². The maximum Gasteiger partial charge on any atom is 0.308 e. The molecule has 0 aromatic carbocycles. The van der Waals surface area contributed by atoms with Crippen LogP contribution in [0.1, 0.15) is 32.1 Å². The summed E-state index contributed by atoms with van der Waals surface area (Å²) in [5.74, 6) is -1.35. The summed E-state index contributed by atoms with van der Waals surface area (Å²) < 4.78 is 5.26. The van der Waals surface area contributed by atoms with Crippen molar-refractivity contribution in [1.82, 2.24) is 5.32 Å². The third-order valence-electron chi connectivity index (χ3n) is 3.69. The first-order valence-electron chi connectivity index (χ1n) is 6.29. The van der Waals surface area contributed by atoms with Crippen molar-refractivity contribution in [2.45, 2.75) is 38.1 Å². The summed E-state index contributed by atoms with van der Waals surface area (Å²) in [6, 6.07) is -0.193. The molecule has 0 spiro atoms. The Balaban J connectivity index is 1.86. The van der Waals surface area contributed by atoms with E-state index in [-0.39, 0.29) is 17.9 Å². The average Bonchev–Trinajstić information content (AvgIpc) is 2.78. The zero-order valence-electron chi connectivity index (χ0n) is 9.85. The van der Waals surface area contributed by atoms with E-state index in [9.17, 15) is 9.59 Å². The minimum atomic E-state index is -0.798. The summed E-state index contributed by atoms with van der Waals surface area (Å²) in [6.45, 7) is 1.20. The van der Waals surface area contributed by atoms with Crippen LogP contribution in [-0.2, 0) is 14.3 Å². The standard InChI is InChI=1S/C12H19NO4/c14-11(8-3-2-6-17-7-8)13-10-5-1-4-9(10)12(15)16/h8-10H,1-7H2,(H,13,14)(H,15,16)/t8?,9-,10+/m1/s1. The minimum absolute atomic E-state index is 0.0390. The van der Waals surface area contributed by atoms with Gasteiger partial charge >= 0.3 is 5.97 Å². The summed E-state index contributed by atoms with van der Waals surface area (Å²) in [7, 11) is 0. The Morgan fingerprint density at radius 3 is 2.65 bits per heavy atom. The van der Waals surface area contributed by atoms with Crippen molar-refractivity contribution < 1.29 is 19.4 Å². The van der Waals surface area contributed by atoms with Crippen LogP contribution in [0.2, 0.25) is 0 Å². The molecule has 5 heteroatoms. The van der Waals surface area contributed by atoms with E-state index in [1.165, 1.54) is 0 Å². The van der Waals surface area contributed by atoms with Gasteiger partial charge in [0.2, 0.25) is 5.91 Å². The Labute approximate surface area is 101 Å². The van der Waals surface area contributed by atoms with Crippen molar-refractivity contribution in [3.05, 3.63) is 0 Å². The predicted molar refractivity (Wildman–Crippen MR) is 60.5 cm³/mol. The summed E-state index contributed by atoms with van der Waals surface area (Å²) in [6.07, 6.45) is 4.07. The quantitative estimate of drug-likeness (QED) is 0.765. The van der Waals surface area contributed by atoms with E-state index in [1.54, 1.807) is 0 Å². The van der Waals surface area contributed by atoms with Gasteiger partial charge in [-0.2, -0.15) is 0 Å². The highest BCUT2D eigenvalue weighted by Gasteiger charge is 2.35. The first-order valence-corrected chi connectivity index (χ1v) is 6.29. The number of hydrogen-bond acceptors (Lipinski definition) is 3. The summed E-state index contributed by atoms with van der Waals surface area (Å²) in [4.78, 5) is 22.9. The second-order valence-corrected chi connectivity index (χ2v) is 4.90. The molecule has 17 heavy (non-hydrogen) atoms. The molecule has 2 aliphatic rings. The van der Waals surface area contributed by atoms with Crippen molar-refractivity contribution in [1.29, 1.82) is 0 Å². The molecule has 3 atom stereocenters. The van der Waals surface area contributed by atoms with Gasteiger partial charge in [0.25, 0.3) is 0 Å². The maximum absolute atomic E-state index is 11.9. The van der Waals surface area contributed by atoms with Crippen LogP contribution in [0, 0.1) is 11.8 Å². The number of amides is 1. The fraction of sp³-hybridized carbons (Fsp3) is 0.833. The van der Waals surface area contributed by atoms with Gasteiger partial charge in [0.1, 0.15) is 0 Å². The second-order valence-electron chi connectivity index (χ2n) is 4.90. The number of aliphatic carboxylic acids is 1. The number of nitrogens with one attached hydrogen (secondary N) is 1. The monoisotopic (exact) mass is 241 g/mol. The number of carbonyl (C=O) groups is 2. The lowest BCUT2D eigenvalue weighted by Gasteiger charge is -2.24. The highest BCUT2D eigenvalue weighted by molar-refractivity contribution is 5.80.